The number of rotatable bonds is 8. The number of aryl methyl sites for hydroxylation is 2. The van der Waals surface area contributed by atoms with Gasteiger partial charge >= 0.3 is 0 Å². The third kappa shape index (κ3) is 4.97. The predicted octanol–water partition coefficient (Wildman–Crippen LogP) is 2.34. The van der Waals surface area contributed by atoms with Crippen LogP contribution in [0.5, 0.6) is 0 Å². The van der Waals surface area contributed by atoms with Gasteiger partial charge in [0.2, 0.25) is 0 Å². The molecule has 136 valence electrons. The third-order valence-corrected chi connectivity index (χ3v) is 4.97. The quantitative estimate of drug-likeness (QED) is 0.564. The van der Waals surface area contributed by atoms with Gasteiger partial charge in [0.1, 0.15) is 5.76 Å². The van der Waals surface area contributed by atoms with Crippen molar-refractivity contribution in [3.63, 3.8) is 0 Å². The highest BCUT2D eigenvalue weighted by atomic mass is 16.5. The number of guanidine groups is 1. The molecular formula is C18H33N5O. The van der Waals surface area contributed by atoms with Gasteiger partial charge in [0.05, 0.1) is 5.69 Å². The smallest absolute Gasteiger partial charge is 0.191 e. The summed E-state index contributed by atoms with van der Waals surface area (Å²) in [4.78, 5) is 6.79. The molecule has 1 saturated carbocycles. The summed E-state index contributed by atoms with van der Waals surface area (Å²) in [5.41, 5.74) is 2.21. The highest BCUT2D eigenvalue weighted by Crippen LogP contribution is 2.21. The number of nitrogens with zero attached hydrogens (tertiary/aromatic N) is 3. The topological polar surface area (TPSA) is 65.7 Å². The summed E-state index contributed by atoms with van der Waals surface area (Å²) in [7, 11) is 4.04. The largest absolute Gasteiger partial charge is 0.361 e. The molecule has 1 fully saturated rings. The number of hydrogen-bond acceptors (Lipinski definition) is 4. The minimum absolute atomic E-state index is 0.702. The molecule has 1 aliphatic rings. The first-order valence-corrected chi connectivity index (χ1v) is 9.30. The Balaban J connectivity index is 1.77. The lowest BCUT2D eigenvalue weighted by Crippen LogP contribution is -2.42. The summed E-state index contributed by atoms with van der Waals surface area (Å²) >= 11 is 0. The fourth-order valence-corrected chi connectivity index (χ4v) is 3.41. The van der Waals surface area contributed by atoms with Gasteiger partial charge in [0, 0.05) is 44.7 Å². The fraction of sp³-hybridized carbons (Fsp3) is 0.778. The summed E-state index contributed by atoms with van der Waals surface area (Å²) in [5, 5.41) is 10.9. The van der Waals surface area contributed by atoms with E-state index in [1.807, 2.05) is 7.05 Å². The minimum Gasteiger partial charge on any atom is -0.361 e. The lowest BCUT2D eigenvalue weighted by Gasteiger charge is -2.24. The van der Waals surface area contributed by atoms with Crippen LogP contribution in [0, 0.1) is 0 Å². The Hall–Kier alpha value is -1.56. The monoisotopic (exact) mass is 335 g/mol. The Morgan fingerprint density at radius 2 is 2.00 bits per heavy atom. The van der Waals surface area contributed by atoms with Gasteiger partial charge < -0.3 is 20.1 Å². The number of likely N-dealkylation sites (N-methyl/N-ethyl adjacent to an activating group) is 1. The van der Waals surface area contributed by atoms with Crippen LogP contribution in [0.15, 0.2) is 9.52 Å². The summed E-state index contributed by atoms with van der Waals surface area (Å²) in [6.45, 7) is 6.84. The highest BCUT2D eigenvalue weighted by Gasteiger charge is 2.19. The van der Waals surface area contributed by atoms with Gasteiger partial charge in [-0.3, -0.25) is 4.99 Å². The van der Waals surface area contributed by atoms with Crippen molar-refractivity contribution in [3.8, 4) is 0 Å². The Bertz CT molecular complexity index is 498. The fourth-order valence-electron chi connectivity index (χ4n) is 3.41. The maximum atomic E-state index is 5.41. The Morgan fingerprint density at radius 3 is 2.62 bits per heavy atom. The van der Waals surface area contributed by atoms with E-state index in [1.54, 1.807) is 0 Å². The van der Waals surface area contributed by atoms with Crippen molar-refractivity contribution in [2.45, 2.75) is 65.0 Å². The van der Waals surface area contributed by atoms with Gasteiger partial charge in [-0.1, -0.05) is 31.8 Å². The zero-order valence-corrected chi connectivity index (χ0v) is 15.7. The van der Waals surface area contributed by atoms with Crippen molar-refractivity contribution in [1.82, 2.24) is 20.7 Å². The average molecular weight is 335 g/mol. The minimum atomic E-state index is 0.702. The second kappa shape index (κ2) is 9.67. The van der Waals surface area contributed by atoms with Gasteiger partial charge in [-0.05, 0) is 26.3 Å². The maximum absolute atomic E-state index is 5.41. The number of nitrogens with one attached hydrogen (secondary N) is 2. The molecule has 24 heavy (non-hydrogen) atoms. The molecule has 1 heterocycles. The van der Waals surface area contributed by atoms with E-state index < -0.39 is 0 Å². The molecule has 0 amide bonds. The van der Waals surface area contributed by atoms with Crippen LogP contribution in [-0.4, -0.2) is 49.2 Å². The summed E-state index contributed by atoms with van der Waals surface area (Å²) in [6, 6.07) is 0.762. The number of aliphatic imine (C=N–C) groups is 1. The van der Waals surface area contributed by atoms with Crippen molar-refractivity contribution < 1.29 is 4.52 Å². The average Bonchev–Trinajstić information content (AvgIpc) is 3.26. The first-order chi connectivity index (χ1) is 11.7. The van der Waals surface area contributed by atoms with Crippen LogP contribution < -0.4 is 10.6 Å². The second-order valence-corrected chi connectivity index (χ2v) is 6.51. The van der Waals surface area contributed by atoms with Crippen molar-refractivity contribution in [3.05, 3.63) is 17.0 Å². The first-order valence-electron chi connectivity index (χ1n) is 9.30. The molecule has 6 heteroatoms. The van der Waals surface area contributed by atoms with Crippen LogP contribution in [0.4, 0.5) is 0 Å². The molecular weight excluding hydrogens is 302 g/mol. The molecule has 2 rings (SSSR count). The summed E-state index contributed by atoms with van der Waals surface area (Å²) in [5.74, 6) is 1.80. The third-order valence-electron chi connectivity index (χ3n) is 4.97. The Morgan fingerprint density at radius 1 is 1.25 bits per heavy atom. The molecule has 0 spiro atoms. The molecule has 6 nitrogen and oxygen atoms in total. The van der Waals surface area contributed by atoms with Crippen LogP contribution in [0.2, 0.25) is 0 Å². The van der Waals surface area contributed by atoms with E-state index >= 15 is 0 Å². The molecule has 0 atom stereocenters. The first kappa shape index (κ1) is 18.8. The second-order valence-electron chi connectivity index (χ2n) is 6.51. The molecule has 0 radical (unpaired) electrons. The van der Waals surface area contributed by atoms with Crippen molar-refractivity contribution in [2.75, 3.05) is 27.2 Å². The molecule has 0 bridgehead atoms. The van der Waals surface area contributed by atoms with E-state index in [0.717, 1.165) is 49.4 Å². The molecule has 0 unspecified atom stereocenters. The van der Waals surface area contributed by atoms with E-state index in [4.69, 9.17) is 4.52 Å². The summed E-state index contributed by atoms with van der Waals surface area (Å²) < 4.78 is 5.41. The lowest BCUT2D eigenvalue weighted by atomic mass is 10.1. The van der Waals surface area contributed by atoms with Crippen molar-refractivity contribution in [2.24, 2.45) is 4.99 Å². The van der Waals surface area contributed by atoms with Crippen LogP contribution >= 0.6 is 0 Å². The van der Waals surface area contributed by atoms with Crippen molar-refractivity contribution >= 4 is 5.96 Å². The van der Waals surface area contributed by atoms with E-state index in [0.29, 0.717) is 6.54 Å². The molecule has 0 aliphatic heterocycles. The number of aromatic nitrogens is 1. The molecule has 0 aromatic carbocycles. The Kier molecular flexibility index (Phi) is 7.56. The van der Waals surface area contributed by atoms with E-state index in [1.165, 1.54) is 31.2 Å². The van der Waals surface area contributed by atoms with Crippen LogP contribution in [0.3, 0.4) is 0 Å². The standard InChI is InChI=1S/C18H33N5O/c1-5-16-15(17(6-2)24-22-16)13-21-18(19-3)20-11-12-23(4)14-9-7-8-10-14/h14H,5-13H2,1-4H3,(H2,19,20,21). The lowest BCUT2D eigenvalue weighted by molar-refractivity contribution is 0.249. The SMILES string of the molecule is CCc1noc(CC)c1CNC(=NC)NCCN(C)C1CCCC1. The van der Waals surface area contributed by atoms with Gasteiger partial charge in [0.15, 0.2) is 5.96 Å². The van der Waals surface area contributed by atoms with E-state index in [-0.39, 0.29) is 0 Å². The Labute approximate surface area is 146 Å². The van der Waals surface area contributed by atoms with Gasteiger partial charge in [0.25, 0.3) is 0 Å². The molecule has 1 aliphatic carbocycles. The zero-order valence-electron chi connectivity index (χ0n) is 15.7. The zero-order chi connectivity index (χ0) is 17.4. The predicted molar refractivity (Wildman–Crippen MR) is 98.3 cm³/mol. The maximum Gasteiger partial charge on any atom is 0.191 e. The van der Waals surface area contributed by atoms with Crippen LogP contribution in [0.25, 0.3) is 0 Å². The van der Waals surface area contributed by atoms with Gasteiger partial charge in [-0.15, -0.1) is 0 Å². The molecule has 1 aromatic rings. The van der Waals surface area contributed by atoms with Crippen LogP contribution in [0.1, 0.15) is 56.5 Å². The van der Waals surface area contributed by atoms with E-state index in [9.17, 15) is 0 Å². The molecule has 1 aromatic heterocycles. The van der Waals surface area contributed by atoms with Gasteiger partial charge in [-0.2, -0.15) is 0 Å². The van der Waals surface area contributed by atoms with Crippen molar-refractivity contribution in [1.29, 1.82) is 0 Å². The molecule has 2 N–H and O–H groups in total. The molecule has 0 saturated heterocycles. The highest BCUT2D eigenvalue weighted by molar-refractivity contribution is 5.79. The van der Waals surface area contributed by atoms with Gasteiger partial charge in [-0.25, -0.2) is 0 Å². The summed E-state index contributed by atoms with van der Waals surface area (Å²) in [6.07, 6.45) is 7.20. The number of hydrogen-bond donors (Lipinski definition) is 2. The van der Waals surface area contributed by atoms with E-state index in [2.05, 4.69) is 46.6 Å². The normalized spacial score (nSPS) is 16.1. The van der Waals surface area contributed by atoms with Crippen LogP contribution in [-0.2, 0) is 19.4 Å².